The summed E-state index contributed by atoms with van der Waals surface area (Å²) in [4.78, 5) is 14.6. The van der Waals surface area contributed by atoms with Crippen LogP contribution in [0.4, 0.5) is 4.79 Å². The molecule has 1 aliphatic rings. The molecule has 1 amide bonds. The van der Waals surface area contributed by atoms with Crippen LogP contribution < -0.4 is 0 Å². The van der Waals surface area contributed by atoms with Crippen molar-refractivity contribution in [1.29, 1.82) is 0 Å². The number of ether oxygens (including phenoxy) is 1. The van der Waals surface area contributed by atoms with Gasteiger partial charge in [0, 0.05) is 25.1 Å². The van der Waals surface area contributed by atoms with Crippen molar-refractivity contribution < 1.29 is 23.1 Å². The van der Waals surface area contributed by atoms with Gasteiger partial charge in [-0.1, -0.05) is 36.4 Å². The summed E-state index contributed by atoms with van der Waals surface area (Å²) in [5.41, 5.74) is -0.640. The minimum Gasteiger partial charge on any atom is -0.444 e. The van der Waals surface area contributed by atoms with E-state index in [1.165, 1.54) is 0 Å². The lowest BCUT2D eigenvalue weighted by Gasteiger charge is -2.30. The molecular weight excluding hydrogens is 414 g/mol. The monoisotopic (exact) mass is 447 g/mol. The molecule has 1 saturated carbocycles. The normalized spacial score (nSPS) is 15.6. The smallest absolute Gasteiger partial charge is 0.410 e. The van der Waals surface area contributed by atoms with Crippen molar-refractivity contribution in [2.75, 3.05) is 25.4 Å². The second-order valence-corrected chi connectivity index (χ2v) is 11.4. The van der Waals surface area contributed by atoms with Crippen LogP contribution in [0.15, 0.2) is 47.4 Å². The fourth-order valence-corrected chi connectivity index (χ4v) is 5.80. The Morgan fingerprint density at radius 3 is 2.48 bits per heavy atom. The molecule has 31 heavy (non-hydrogen) atoms. The third-order valence-corrected chi connectivity index (χ3v) is 7.39. The number of hydrogen-bond donors (Lipinski definition) is 1. The van der Waals surface area contributed by atoms with Crippen molar-refractivity contribution in [1.82, 2.24) is 4.90 Å². The van der Waals surface area contributed by atoms with Crippen molar-refractivity contribution in [2.45, 2.75) is 50.5 Å². The highest BCUT2D eigenvalue weighted by Gasteiger charge is 2.37. The molecule has 1 N–H and O–H groups in total. The average Bonchev–Trinajstić information content (AvgIpc) is 3.53. The zero-order valence-corrected chi connectivity index (χ0v) is 19.4. The molecule has 7 heteroatoms. The van der Waals surface area contributed by atoms with Crippen molar-refractivity contribution in [3.8, 4) is 0 Å². The van der Waals surface area contributed by atoms with Gasteiger partial charge >= 0.3 is 6.09 Å². The lowest BCUT2D eigenvalue weighted by atomic mass is 10.1. The van der Waals surface area contributed by atoms with Gasteiger partial charge in [0.2, 0.25) is 0 Å². The van der Waals surface area contributed by atoms with Gasteiger partial charge in [-0.25, -0.2) is 13.2 Å². The molecule has 0 radical (unpaired) electrons. The van der Waals surface area contributed by atoms with Gasteiger partial charge in [-0.15, -0.1) is 0 Å². The molecule has 170 valence electrons. The summed E-state index contributed by atoms with van der Waals surface area (Å²) in [5.74, 6) is 0.100. The average molecular weight is 448 g/mol. The van der Waals surface area contributed by atoms with Crippen LogP contribution in [0, 0.1) is 11.8 Å². The first-order chi connectivity index (χ1) is 14.6. The second kappa shape index (κ2) is 9.57. The standard InChI is InChI=1S/C24H33NO5S/c1-24(2,3)30-23(27)25(14-7-15-26)16-20(18-12-13-18)17-31(28,29)22-11-6-9-19-8-4-5-10-21(19)22/h4-6,8-11,18,20,26H,7,12-17H2,1-3H3. The van der Waals surface area contributed by atoms with E-state index in [0.717, 1.165) is 23.6 Å². The molecular formula is C24H33NO5S. The Kier molecular flexibility index (Phi) is 7.27. The van der Waals surface area contributed by atoms with Crippen molar-refractivity contribution >= 4 is 26.7 Å². The van der Waals surface area contributed by atoms with Crippen LogP contribution in [-0.2, 0) is 14.6 Å². The first-order valence-corrected chi connectivity index (χ1v) is 12.6. The van der Waals surface area contributed by atoms with Gasteiger partial charge in [0.15, 0.2) is 9.84 Å². The Morgan fingerprint density at radius 1 is 1.16 bits per heavy atom. The van der Waals surface area contributed by atoms with E-state index in [9.17, 15) is 18.3 Å². The lowest BCUT2D eigenvalue weighted by Crippen LogP contribution is -2.42. The molecule has 0 aliphatic heterocycles. The minimum atomic E-state index is -3.55. The van der Waals surface area contributed by atoms with E-state index in [4.69, 9.17) is 4.74 Å². The van der Waals surface area contributed by atoms with Gasteiger partial charge in [-0.05, 0) is 63.3 Å². The largest absolute Gasteiger partial charge is 0.444 e. The summed E-state index contributed by atoms with van der Waals surface area (Å²) in [6.45, 7) is 6.02. The van der Waals surface area contributed by atoms with Gasteiger partial charge in [0.25, 0.3) is 0 Å². The number of nitrogens with zero attached hydrogens (tertiary/aromatic N) is 1. The fraction of sp³-hybridized carbons (Fsp3) is 0.542. The molecule has 0 spiro atoms. The van der Waals surface area contributed by atoms with Crippen molar-refractivity contribution in [3.63, 3.8) is 0 Å². The van der Waals surface area contributed by atoms with Gasteiger partial charge in [-0.3, -0.25) is 0 Å². The summed E-state index contributed by atoms with van der Waals surface area (Å²) < 4.78 is 32.3. The van der Waals surface area contributed by atoms with Crippen molar-refractivity contribution in [2.24, 2.45) is 11.8 Å². The molecule has 1 aliphatic carbocycles. The number of fused-ring (bicyclic) bond motifs is 1. The maximum absolute atomic E-state index is 13.4. The number of aliphatic hydroxyl groups excluding tert-OH is 1. The van der Waals surface area contributed by atoms with Gasteiger partial charge in [0.1, 0.15) is 5.60 Å². The third-order valence-electron chi connectivity index (χ3n) is 5.50. The third kappa shape index (κ3) is 6.43. The predicted octanol–water partition coefficient (Wildman–Crippen LogP) is 4.26. The van der Waals surface area contributed by atoms with Crippen LogP contribution in [0.5, 0.6) is 0 Å². The van der Waals surface area contributed by atoms with E-state index in [1.807, 2.05) is 30.3 Å². The summed E-state index contributed by atoms with van der Waals surface area (Å²) >= 11 is 0. The van der Waals surface area contributed by atoms with E-state index < -0.39 is 21.5 Å². The number of amides is 1. The molecule has 0 aromatic heterocycles. The number of hydrogen-bond acceptors (Lipinski definition) is 5. The quantitative estimate of drug-likeness (QED) is 0.621. The summed E-state index contributed by atoms with van der Waals surface area (Å²) in [7, 11) is -3.55. The maximum atomic E-state index is 13.4. The minimum absolute atomic E-state index is 0.00982. The van der Waals surface area contributed by atoms with Crippen LogP contribution in [0.25, 0.3) is 10.8 Å². The Labute approximate surface area is 185 Å². The van der Waals surface area contributed by atoms with E-state index in [-0.39, 0.29) is 24.2 Å². The first-order valence-electron chi connectivity index (χ1n) is 10.9. The zero-order valence-electron chi connectivity index (χ0n) is 18.6. The number of aliphatic hydroxyl groups is 1. The van der Waals surface area contributed by atoms with Crippen LogP contribution in [0.1, 0.15) is 40.0 Å². The fourth-order valence-electron chi connectivity index (χ4n) is 3.87. The molecule has 0 heterocycles. The summed E-state index contributed by atoms with van der Waals surface area (Å²) in [5, 5.41) is 10.9. The van der Waals surface area contributed by atoms with Gasteiger partial charge in [-0.2, -0.15) is 0 Å². The molecule has 0 saturated heterocycles. The van der Waals surface area contributed by atoms with Crippen LogP contribution in [0.2, 0.25) is 0 Å². The molecule has 1 unspecified atom stereocenters. The Morgan fingerprint density at radius 2 is 1.84 bits per heavy atom. The Balaban J connectivity index is 1.83. The molecule has 2 aromatic carbocycles. The van der Waals surface area contributed by atoms with E-state index in [1.54, 1.807) is 37.8 Å². The maximum Gasteiger partial charge on any atom is 0.410 e. The second-order valence-electron chi connectivity index (χ2n) is 9.36. The molecule has 6 nitrogen and oxygen atoms in total. The van der Waals surface area contributed by atoms with Crippen LogP contribution in [-0.4, -0.2) is 55.6 Å². The highest BCUT2D eigenvalue weighted by molar-refractivity contribution is 7.91. The topological polar surface area (TPSA) is 83.9 Å². The SMILES string of the molecule is CC(C)(C)OC(=O)N(CCCO)CC(CS(=O)(=O)c1cccc2ccccc12)C1CC1. The van der Waals surface area contributed by atoms with Gasteiger partial charge < -0.3 is 14.7 Å². The zero-order chi connectivity index (χ0) is 22.6. The van der Waals surface area contributed by atoms with Crippen LogP contribution in [0.3, 0.4) is 0 Å². The number of benzene rings is 2. The van der Waals surface area contributed by atoms with Gasteiger partial charge in [0.05, 0.1) is 10.6 Å². The highest BCUT2D eigenvalue weighted by Crippen LogP contribution is 2.39. The molecule has 2 aromatic rings. The molecule has 3 rings (SSSR count). The number of rotatable bonds is 9. The Hall–Kier alpha value is -2.12. The first kappa shape index (κ1) is 23.5. The predicted molar refractivity (Wildman–Crippen MR) is 122 cm³/mol. The number of carbonyl (C=O) groups is 1. The van der Waals surface area contributed by atoms with Crippen LogP contribution >= 0.6 is 0 Å². The highest BCUT2D eigenvalue weighted by atomic mass is 32.2. The number of carbonyl (C=O) groups excluding carboxylic acids is 1. The van der Waals surface area contributed by atoms with E-state index >= 15 is 0 Å². The Bertz CT molecular complexity index is 1000. The molecule has 1 fully saturated rings. The number of sulfone groups is 1. The summed E-state index contributed by atoms with van der Waals surface area (Å²) in [6.07, 6.45) is 1.90. The lowest BCUT2D eigenvalue weighted by molar-refractivity contribution is 0.0209. The van der Waals surface area contributed by atoms with E-state index in [2.05, 4.69) is 0 Å². The summed E-state index contributed by atoms with van der Waals surface area (Å²) in [6, 6.07) is 12.8. The molecule has 0 bridgehead atoms. The van der Waals surface area contributed by atoms with Crippen molar-refractivity contribution in [3.05, 3.63) is 42.5 Å². The van der Waals surface area contributed by atoms with E-state index in [0.29, 0.717) is 24.4 Å². The molecule has 1 atom stereocenters.